The van der Waals surface area contributed by atoms with Crippen LogP contribution in [0.4, 0.5) is 19.0 Å². The predicted octanol–water partition coefficient (Wildman–Crippen LogP) is 4.33. The third kappa shape index (κ3) is 3.32. The summed E-state index contributed by atoms with van der Waals surface area (Å²) in [5.41, 5.74) is -1.25. The fraction of sp³-hybridized carbons (Fsp3) is 0.353. The van der Waals surface area contributed by atoms with E-state index in [-0.39, 0.29) is 11.9 Å². The fourth-order valence-electron chi connectivity index (χ4n) is 2.89. The normalized spacial score (nSPS) is 20.2. The highest BCUT2D eigenvalue weighted by atomic mass is 35.5. The number of rotatable bonds is 3. The summed E-state index contributed by atoms with van der Waals surface area (Å²) < 4.78 is 45.9. The molecular weight excluding hydrogens is 369 g/mol. The molecule has 5 nitrogen and oxygen atoms in total. The molecule has 0 N–H and O–H groups in total. The van der Waals surface area contributed by atoms with Crippen LogP contribution in [0.2, 0.25) is 5.15 Å². The predicted molar refractivity (Wildman–Crippen MR) is 88.5 cm³/mol. The lowest BCUT2D eigenvalue weighted by Gasteiger charge is -2.29. The van der Waals surface area contributed by atoms with Crippen molar-refractivity contribution < 1.29 is 17.9 Å². The zero-order chi connectivity index (χ0) is 18.9. The fourth-order valence-corrected chi connectivity index (χ4v) is 3.12. The Morgan fingerprint density at radius 3 is 2.77 bits per heavy atom. The Bertz CT molecular complexity index is 838. The van der Waals surface area contributed by atoms with Crippen LogP contribution in [-0.4, -0.2) is 22.6 Å². The van der Waals surface area contributed by atoms with Crippen molar-refractivity contribution in [2.45, 2.75) is 31.8 Å². The van der Waals surface area contributed by atoms with Gasteiger partial charge in [0.2, 0.25) is 0 Å². The molecule has 1 fully saturated rings. The third-order valence-electron chi connectivity index (χ3n) is 4.15. The van der Waals surface area contributed by atoms with Crippen LogP contribution < -0.4 is 4.90 Å². The van der Waals surface area contributed by atoms with Crippen LogP contribution in [0.1, 0.15) is 36.4 Å². The number of anilines is 1. The van der Waals surface area contributed by atoms with E-state index >= 15 is 0 Å². The Kier molecular flexibility index (Phi) is 5.03. The third-order valence-corrected chi connectivity index (χ3v) is 4.42. The Morgan fingerprint density at radius 2 is 2.19 bits per heavy atom. The number of pyridine rings is 2. The second-order valence-electron chi connectivity index (χ2n) is 5.71. The summed E-state index contributed by atoms with van der Waals surface area (Å²) in [6.07, 6.45) is -3.20. The first-order valence-electron chi connectivity index (χ1n) is 7.85. The van der Waals surface area contributed by atoms with Gasteiger partial charge in [-0.3, -0.25) is 4.98 Å². The van der Waals surface area contributed by atoms with E-state index in [0.717, 1.165) is 6.07 Å². The number of alkyl halides is 3. The Hall–Kier alpha value is -2.37. The van der Waals surface area contributed by atoms with Gasteiger partial charge in [0, 0.05) is 6.20 Å². The first-order chi connectivity index (χ1) is 12.4. The quantitative estimate of drug-likeness (QED) is 0.739. The highest BCUT2D eigenvalue weighted by molar-refractivity contribution is 6.30. The van der Waals surface area contributed by atoms with Gasteiger partial charge in [0.1, 0.15) is 22.6 Å². The Balaban J connectivity index is 2.13. The Labute approximate surface area is 153 Å². The first kappa shape index (κ1) is 18.4. The van der Waals surface area contributed by atoms with Crippen molar-refractivity contribution >= 4 is 17.4 Å². The second-order valence-corrected chi connectivity index (χ2v) is 6.07. The lowest BCUT2D eigenvalue weighted by molar-refractivity contribution is -0.137. The van der Waals surface area contributed by atoms with Crippen molar-refractivity contribution in [1.82, 2.24) is 9.97 Å². The van der Waals surface area contributed by atoms with Crippen molar-refractivity contribution in [2.24, 2.45) is 0 Å². The van der Waals surface area contributed by atoms with E-state index in [1.807, 2.05) is 6.92 Å². The summed E-state index contributed by atoms with van der Waals surface area (Å²) >= 11 is 5.89. The van der Waals surface area contributed by atoms with Gasteiger partial charge in [0.25, 0.3) is 0 Å². The van der Waals surface area contributed by atoms with E-state index < -0.39 is 28.7 Å². The molecule has 3 rings (SSSR count). The number of aromatic nitrogens is 2. The molecule has 3 heterocycles. The molecule has 0 amide bonds. The summed E-state index contributed by atoms with van der Waals surface area (Å²) in [7, 11) is 0. The minimum absolute atomic E-state index is 0.00123. The molecule has 136 valence electrons. The number of hydrogen-bond donors (Lipinski definition) is 0. The molecule has 2 aromatic rings. The van der Waals surface area contributed by atoms with Gasteiger partial charge in [-0.15, -0.1) is 0 Å². The van der Waals surface area contributed by atoms with E-state index in [0.29, 0.717) is 18.7 Å². The topological polar surface area (TPSA) is 62.0 Å². The van der Waals surface area contributed by atoms with Gasteiger partial charge < -0.3 is 9.64 Å². The van der Waals surface area contributed by atoms with Crippen molar-refractivity contribution in [3.05, 3.63) is 52.4 Å². The number of hydrogen-bond acceptors (Lipinski definition) is 5. The second kappa shape index (κ2) is 7.09. The molecule has 1 saturated heterocycles. The number of halogens is 4. The molecule has 2 atom stereocenters. The number of ether oxygens (including phenoxy) is 1. The van der Waals surface area contributed by atoms with Gasteiger partial charge in [-0.05, 0) is 24.6 Å². The van der Waals surface area contributed by atoms with Gasteiger partial charge >= 0.3 is 6.18 Å². The van der Waals surface area contributed by atoms with Crippen LogP contribution in [-0.2, 0) is 10.9 Å². The minimum Gasteiger partial charge on any atom is -0.350 e. The SMILES string of the molecule is CCC1COC(c2ccccn2)N1c1cc(C(F)(F)F)c(C#N)c(Cl)n1. The zero-order valence-electron chi connectivity index (χ0n) is 13.7. The number of nitrogens with zero attached hydrogens (tertiary/aromatic N) is 4. The van der Waals surface area contributed by atoms with E-state index in [1.54, 1.807) is 29.3 Å². The van der Waals surface area contributed by atoms with Crippen molar-refractivity contribution in [2.75, 3.05) is 11.5 Å². The molecule has 2 aromatic heterocycles. The smallest absolute Gasteiger partial charge is 0.350 e. The highest BCUT2D eigenvalue weighted by Crippen LogP contribution is 2.40. The largest absolute Gasteiger partial charge is 0.417 e. The van der Waals surface area contributed by atoms with Crippen LogP contribution >= 0.6 is 11.6 Å². The van der Waals surface area contributed by atoms with E-state index in [1.165, 1.54) is 6.07 Å². The van der Waals surface area contributed by atoms with E-state index in [4.69, 9.17) is 21.6 Å². The maximum absolute atomic E-state index is 13.4. The molecular formula is C17H14ClF3N4O. The van der Waals surface area contributed by atoms with Gasteiger partial charge in [-0.2, -0.15) is 18.4 Å². The minimum atomic E-state index is -4.73. The van der Waals surface area contributed by atoms with Gasteiger partial charge in [-0.25, -0.2) is 4.98 Å². The lowest BCUT2D eigenvalue weighted by atomic mass is 10.1. The molecule has 2 unspecified atom stereocenters. The molecule has 0 saturated carbocycles. The molecule has 0 radical (unpaired) electrons. The molecule has 1 aliphatic heterocycles. The van der Waals surface area contributed by atoms with Gasteiger partial charge in [0.05, 0.1) is 23.9 Å². The summed E-state index contributed by atoms with van der Waals surface area (Å²) in [6, 6.07) is 7.36. The summed E-state index contributed by atoms with van der Waals surface area (Å²) in [5, 5.41) is 8.54. The average Bonchev–Trinajstić information content (AvgIpc) is 3.05. The molecule has 0 spiro atoms. The Morgan fingerprint density at radius 1 is 1.42 bits per heavy atom. The average molecular weight is 383 g/mol. The highest BCUT2D eigenvalue weighted by Gasteiger charge is 2.40. The van der Waals surface area contributed by atoms with E-state index in [9.17, 15) is 13.2 Å². The number of nitriles is 1. The van der Waals surface area contributed by atoms with Gasteiger partial charge in [-0.1, -0.05) is 24.6 Å². The molecule has 0 aromatic carbocycles. The monoisotopic (exact) mass is 382 g/mol. The van der Waals surface area contributed by atoms with Crippen LogP contribution in [0.25, 0.3) is 0 Å². The lowest BCUT2D eigenvalue weighted by Crippen LogP contribution is -2.33. The molecule has 9 heteroatoms. The van der Waals surface area contributed by atoms with Crippen LogP contribution in [0.3, 0.4) is 0 Å². The van der Waals surface area contributed by atoms with Crippen molar-refractivity contribution in [3.8, 4) is 6.07 Å². The molecule has 0 aliphatic carbocycles. The van der Waals surface area contributed by atoms with Crippen molar-refractivity contribution in [3.63, 3.8) is 0 Å². The first-order valence-corrected chi connectivity index (χ1v) is 8.23. The maximum atomic E-state index is 13.4. The van der Waals surface area contributed by atoms with Crippen LogP contribution in [0, 0.1) is 11.3 Å². The summed E-state index contributed by atoms with van der Waals surface area (Å²) in [5.74, 6) is 0.00123. The summed E-state index contributed by atoms with van der Waals surface area (Å²) in [4.78, 5) is 9.90. The van der Waals surface area contributed by atoms with E-state index in [2.05, 4.69) is 9.97 Å². The summed E-state index contributed by atoms with van der Waals surface area (Å²) in [6.45, 7) is 2.22. The van der Waals surface area contributed by atoms with Crippen LogP contribution in [0.5, 0.6) is 0 Å². The molecule has 26 heavy (non-hydrogen) atoms. The standard InChI is InChI=1S/C17H14ClF3N4O/c1-2-10-9-26-16(13-5-3-4-6-23-13)25(10)14-7-12(17(19,20)21)11(8-22)15(18)24-14/h3-7,10,16H,2,9H2,1H3. The molecule has 1 aliphatic rings. The van der Waals surface area contributed by atoms with Crippen molar-refractivity contribution in [1.29, 1.82) is 5.26 Å². The molecule has 0 bridgehead atoms. The van der Waals surface area contributed by atoms with Gasteiger partial charge in [0.15, 0.2) is 6.23 Å². The van der Waals surface area contributed by atoms with Crippen LogP contribution in [0.15, 0.2) is 30.5 Å². The zero-order valence-corrected chi connectivity index (χ0v) is 14.4. The maximum Gasteiger partial charge on any atom is 0.417 e.